The van der Waals surface area contributed by atoms with Gasteiger partial charge in [-0.15, -0.1) is 11.3 Å². The quantitative estimate of drug-likeness (QED) is 0.814. The van der Waals surface area contributed by atoms with Gasteiger partial charge in [-0.1, -0.05) is 6.07 Å². The second-order valence-corrected chi connectivity index (χ2v) is 7.20. The van der Waals surface area contributed by atoms with E-state index in [0.29, 0.717) is 6.54 Å². The maximum Gasteiger partial charge on any atom is 0.303 e. The minimum atomic E-state index is -1.21. The van der Waals surface area contributed by atoms with Crippen LogP contribution in [0.25, 0.3) is 0 Å². The number of carbonyl (C=O) groups excluding carboxylic acids is 2. The molecule has 0 radical (unpaired) electrons. The predicted octanol–water partition coefficient (Wildman–Crippen LogP) is 2.61. The number of thiophene rings is 1. The molecule has 0 saturated carbocycles. The standard InChI is InChI=1S/C17H23N3O3S/c1-11-9-12(2)20(19-11)14(15-7-6-8-24-15)10-18-16(22)17(4,5)23-13(3)21/h6-9,14H,10H2,1-5H3,(H,18,22). The van der Waals surface area contributed by atoms with Gasteiger partial charge in [0.15, 0.2) is 5.60 Å². The highest BCUT2D eigenvalue weighted by Gasteiger charge is 2.31. The highest BCUT2D eigenvalue weighted by molar-refractivity contribution is 7.10. The Hall–Kier alpha value is -2.15. The summed E-state index contributed by atoms with van der Waals surface area (Å²) in [6, 6.07) is 5.90. The zero-order chi connectivity index (χ0) is 17.9. The topological polar surface area (TPSA) is 73.2 Å². The summed E-state index contributed by atoms with van der Waals surface area (Å²) in [7, 11) is 0. The van der Waals surface area contributed by atoms with Crippen molar-refractivity contribution in [1.29, 1.82) is 0 Å². The largest absolute Gasteiger partial charge is 0.450 e. The van der Waals surface area contributed by atoms with Gasteiger partial charge in [-0.2, -0.15) is 5.10 Å². The number of nitrogens with one attached hydrogen (secondary N) is 1. The molecule has 1 atom stereocenters. The first kappa shape index (κ1) is 18.2. The molecule has 2 rings (SSSR count). The van der Waals surface area contributed by atoms with Gasteiger partial charge in [0.2, 0.25) is 0 Å². The lowest BCUT2D eigenvalue weighted by Crippen LogP contribution is -2.46. The fraction of sp³-hybridized carbons (Fsp3) is 0.471. The lowest BCUT2D eigenvalue weighted by atomic mass is 10.1. The third-order valence-electron chi connectivity index (χ3n) is 3.61. The molecule has 0 aromatic carbocycles. The molecule has 1 amide bonds. The van der Waals surface area contributed by atoms with Gasteiger partial charge in [0.05, 0.1) is 5.69 Å². The number of rotatable bonds is 6. The monoisotopic (exact) mass is 349 g/mol. The highest BCUT2D eigenvalue weighted by atomic mass is 32.1. The summed E-state index contributed by atoms with van der Waals surface area (Å²) < 4.78 is 7.00. The Labute approximate surface area is 145 Å². The number of carbonyl (C=O) groups is 2. The lowest BCUT2D eigenvalue weighted by molar-refractivity contribution is -0.162. The summed E-state index contributed by atoms with van der Waals surface area (Å²) in [4.78, 5) is 24.6. The van der Waals surface area contributed by atoms with Gasteiger partial charge in [-0.25, -0.2) is 0 Å². The Morgan fingerprint density at radius 1 is 1.42 bits per heavy atom. The fourth-order valence-corrected chi connectivity index (χ4v) is 3.37. The average molecular weight is 349 g/mol. The van der Waals surface area contributed by atoms with E-state index in [4.69, 9.17) is 4.74 Å². The van der Waals surface area contributed by atoms with Crippen LogP contribution >= 0.6 is 11.3 Å². The van der Waals surface area contributed by atoms with Gasteiger partial charge in [0, 0.05) is 24.0 Å². The van der Waals surface area contributed by atoms with Crippen molar-refractivity contribution in [2.45, 2.75) is 46.3 Å². The molecule has 0 bridgehead atoms. The molecule has 1 unspecified atom stereocenters. The third kappa shape index (κ3) is 4.23. The Morgan fingerprint density at radius 2 is 2.12 bits per heavy atom. The van der Waals surface area contributed by atoms with E-state index >= 15 is 0 Å². The zero-order valence-electron chi connectivity index (χ0n) is 14.6. The molecule has 7 heteroatoms. The van der Waals surface area contributed by atoms with Gasteiger partial charge in [-0.05, 0) is 45.2 Å². The molecule has 6 nitrogen and oxygen atoms in total. The summed E-state index contributed by atoms with van der Waals surface area (Å²) in [5.41, 5.74) is 0.751. The first-order chi connectivity index (χ1) is 11.2. The van der Waals surface area contributed by atoms with Crippen LogP contribution in [0.4, 0.5) is 0 Å². The van der Waals surface area contributed by atoms with E-state index in [-0.39, 0.29) is 11.9 Å². The van der Waals surface area contributed by atoms with Crippen molar-refractivity contribution in [2.75, 3.05) is 6.54 Å². The Balaban J connectivity index is 2.17. The van der Waals surface area contributed by atoms with E-state index in [0.717, 1.165) is 16.3 Å². The molecule has 1 N–H and O–H groups in total. The van der Waals surface area contributed by atoms with E-state index in [1.807, 2.05) is 42.1 Å². The van der Waals surface area contributed by atoms with Gasteiger partial charge < -0.3 is 10.1 Å². The van der Waals surface area contributed by atoms with Crippen molar-refractivity contribution in [3.05, 3.63) is 39.8 Å². The van der Waals surface area contributed by atoms with Crippen LogP contribution in [0.2, 0.25) is 0 Å². The van der Waals surface area contributed by atoms with E-state index in [1.54, 1.807) is 25.2 Å². The molecule has 0 spiro atoms. The molecule has 2 aromatic heterocycles. The van der Waals surface area contributed by atoms with Crippen molar-refractivity contribution in [2.24, 2.45) is 0 Å². The number of hydrogen-bond acceptors (Lipinski definition) is 5. The van der Waals surface area contributed by atoms with Crippen molar-refractivity contribution in [3.8, 4) is 0 Å². The zero-order valence-corrected chi connectivity index (χ0v) is 15.4. The van der Waals surface area contributed by atoms with Crippen LogP contribution in [0.3, 0.4) is 0 Å². The van der Waals surface area contributed by atoms with Gasteiger partial charge in [0.1, 0.15) is 6.04 Å². The molecular weight excluding hydrogens is 326 g/mol. The van der Waals surface area contributed by atoms with Crippen molar-refractivity contribution in [1.82, 2.24) is 15.1 Å². The Bertz CT molecular complexity index is 720. The van der Waals surface area contributed by atoms with Crippen molar-refractivity contribution in [3.63, 3.8) is 0 Å². The highest BCUT2D eigenvalue weighted by Crippen LogP contribution is 2.24. The van der Waals surface area contributed by atoms with Gasteiger partial charge in [-0.3, -0.25) is 14.3 Å². The van der Waals surface area contributed by atoms with E-state index in [1.165, 1.54) is 6.92 Å². The van der Waals surface area contributed by atoms with Crippen molar-refractivity contribution >= 4 is 23.2 Å². The number of nitrogens with zero attached hydrogens (tertiary/aromatic N) is 2. The maximum atomic E-state index is 12.4. The predicted molar refractivity (Wildman–Crippen MR) is 93.0 cm³/mol. The average Bonchev–Trinajstić information content (AvgIpc) is 3.08. The summed E-state index contributed by atoms with van der Waals surface area (Å²) in [5.74, 6) is -0.815. The minimum Gasteiger partial charge on any atom is -0.450 e. The summed E-state index contributed by atoms with van der Waals surface area (Å²) in [5, 5.41) is 9.42. The van der Waals surface area contributed by atoms with Crippen LogP contribution in [-0.2, 0) is 14.3 Å². The molecule has 2 aromatic rings. The fourth-order valence-electron chi connectivity index (χ4n) is 2.56. The second kappa shape index (κ2) is 7.17. The van der Waals surface area contributed by atoms with E-state index < -0.39 is 11.6 Å². The first-order valence-electron chi connectivity index (χ1n) is 7.74. The normalized spacial score (nSPS) is 12.7. The van der Waals surface area contributed by atoms with Crippen LogP contribution in [0, 0.1) is 13.8 Å². The number of ether oxygens (including phenoxy) is 1. The molecule has 24 heavy (non-hydrogen) atoms. The molecule has 0 aliphatic carbocycles. The molecule has 0 saturated heterocycles. The summed E-state index contributed by atoms with van der Waals surface area (Å²) in [6.45, 7) is 8.74. The van der Waals surface area contributed by atoms with Crippen LogP contribution in [0.1, 0.15) is 43.1 Å². The van der Waals surface area contributed by atoms with Crippen molar-refractivity contribution < 1.29 is 14.3 Å². The second-order valence-electron chi connectivity index (χ2n) is 6.22. The number of amides is 1. The number of aromatic nitrogens is 2. The van der Waals surface area contributed by atoms with E-state index in [2.05, 4.69) is 10.4 Å². The number of aryl methyl sites for hydroxylation is 2. The lowest BCUT2D eigenvalue weighted by Gasteiger charge is -2.25. The smallest absolute Gasteiger partial charge is 0.303 e. The summed E-state index contributed by atoms with van der Waals surface area (Å²) in [6.07, 6.45) is 0. The minimum absolute atomic E-state index is 0.101. The molecule has 2 heterocycles. The molecule has 0 aliphatic heterocycles. The molecule has 130 valence electrons. The first-order valence-corrected chi connectivity index (χ1v) is 8.62. The molecular formula is C17H23N3O3S. The van der Waals surface area contributed by atoms with Gasteiger partial charge in [0.25, 0.3) is 5.91 Å². The van der Waals surface area contributed by atoms with Gasteiger partial charge >= 0.3 is 5.97 Å². The number of hydrogen-bond donors (Lipinski definition) is 1. The van der Waals surface area contributed by atoms with E-state index in [9.17, 15) is 9.59 Å². The molecule has 0 fully saturated rings. The maximum absolute atomic E-state index is 12.4. The van der Waals surface area contributed by atoms with Crippen LogP contribution < -0.4 is 5.32 Å². The number of esters is 1. The third-order valence-corrected chi connectivity index (χ3v) is 4.59. The summed E-state index contributed by atoms with van der Waals surface area (Å²) >= 11 is 1.62. The SMILES string of the molecule is CC(=O)OC(C)(C)C(=O)NCC(c1cccs1)n1nc(C)cc1C. The van der Waals surface area contributed by atoms with Crippen LogP contribution in [0.15, 0.2) is 23.6 Å². The Morgan fingerprint density at radius 3 is 2.62 bits per heavy atom. The Kier molecular flexibility index (Phi) is 5.43. The van der Waals surface area contributed by atoms with Crippen LogP contribution in [0.5, 0.6) is 0 Å². The molecule has 0 aliphatic rings. The van der Waals surface area contributed by atoms with Crippen LogP contribution in [-0.4, -0.2) is 33.8 Å².